The molecule has 0 fully saturated rings. The summed E-state index contributed by atoms with van der Waals surface area (Å²) in [7, 11) is 0. The molecule has 2 heteroatoms. The summed E-state index contributed by atoms with van der Waals surface area (Å²) < 4.78 is 0. The van der Waals surface area contributed by atoms with Crippen LogP contribution in [0.4, 0.5) is 0 Å². The Hall–Kier alpha value is -2.09. The van der Waals surface area contributed by atoms with Crippen LogP contribution < -0.4 is 0 Å². The second kappa shape index (κ2) is 5.27. The molecule has 1 aromatic heterocycles. The number of fused-ring (bicyclic) bond motifs is 1. The van der Waals surface area contributed by atoms with Crippen LogP contribution in [0.25, 0.3) is 11.0 Å². The molecule has 0 atom stereocenters. The van der Waals surface area contributed by atoms with Gasteiger partial charge in [0.15, 0.2) is 0 Å². The van der Waals surface area contributed by atoms with Gasteiger partial charge < -0.3 is 4.98 Å². The lowest BCUT2D eigenvalue weighted by atomic mass is 10.1. The maximum absolute atomic E-state index is 4.69. The van der Waals surface area contributed by atoms with E-state index in [1.54, 1.807) is 0 Å². The van der Waals surface area contributed by atoms with Crippen molar-refractivity contribution >= 4 is 11.0 Å². The third-order valence-corrected chi connectivity index (χ3v) is 3.49. The Bertz CT molecular complexity index is 668. The molecule has 96 valence electrons. The van der Waals surface area contributed by atoms with Crippen molar-refractivity contribution < 1.29 is 0 Å². The normalized spacial score (nSPS) is 11.0. The molecule has 0 amide bonds. The van der Waals surface area contributed by atoms with E-state index < -0.39 is 0 Å². The van der Waals surface area contributed by atoms with Gasteiger partial charge in [0, 0.05) is 6.42 Å². The molecule has 0 aliphatic rings. The van der Waals surface area contributed by atoms with Gasteiger partial charge in [-0.3, -0.25) is 0 Å². The SMILES string of the molecule is Cc1cccc2[nH]c(CCCc3ccccc3)nc12. The molecule has 0 aliphatic heterocycles. The summed E-state index contributed by atoms with van der Waals surface area (Å²) in [4.78, 5) is 8.10. The number of nitrogens with one attached hydrogen (secondary N) is 1. The summed E-state index contributed by atoms with van der Waals surface area (Å²) in [6, 6.07) is 16.9. The van der Waals surface area contributed by atoms with Crippen molar-refractivity contribution in [3.63, 3.8) is 0 Å². The van der Waals surface area contributed by atoms with Gasteiger partial charge in [0.05, 0.1) is 11.0 Å². The van der Waals surface area contributed by atoms with Gasteiger partial charge in [0.2, 0.25) is 0 Å². The minimum atomic E-state index is 1.00. The van der Waals surface area contributed by atoms with Crippen molar-refractivity contribution in [1.29, 1.82) is 0 Å². The predicted molar refractivity (Wildman–Crippen MR) is 79.3 cm³/mol. The van der Waals surface area contributed by atoms with E-state index in [0.29, 0.717) is 0 Å². The van der Waals surface area contributed by atoms with Crippen molar-refractivity contribution in [3.05, 3.63) is 65.5 Å². The smallest absolute Gasteiger partial charge is 0.107 e. The van der Waals surface area contributed by atoms with Crippen LogP contribution in [0.3, 0.4) is 0 Å². The Morgan fingerprint density at radius 1 is 0.947 bits per heavy atom. The number of H-pyrrole nitrogens is 1. The predicted octanol–water partition coefficient (Wildman–Crippen LogP) is 4.05. The van der Waals surface area contributed by atoms with Crippen molar-refractivity contribution in [1.82, 2.24) is 9.97 Å². The van der Waals surface area contributed by atoms with Gasteiger partial charge in [0.1, 0.15) is 5.82 Å². The van der Waals surface area contributed by atoms with Crippen molar-refractivity contribution in [2.24, 2.45) is 0 Å². The summed E-state index contributed by atoms with van der Waals surface area (Å²) in [6.45, 7) is 2.11. The second-order valence-corrected chi connectivity index (χ2v) is 4.99. The monoisotopic (exact) mass is 250 g/mol. The number of aryl methyl sites for hydroxylation is 3. The van der Waals surface area contributed by atoms with E-state index in [1.165, 1.54) is 11.1 Å². The Balaban J connectivity index is 1.67. The number of aromatic amines is 1. The molecule has 2 aromatic carbocycles. The third-order valence-electron chi connectivity index (χ3n) is 3.49. The lowest BCUT2D eigenvalue weighted by Gasteiger charge is -1.99. The van der Waals surface area contributed by atoms with Gasteiger partial charge in [-0.05, 0) is 37.0 Å². The fourth-order valence-electron chi connectivity index (χ4n) is 2.45. The highest BCUT2D eigenvalue weighted by Crippen LogP contribution is 2.16. The van der Waals surface area contributed by atoms with Gasteiger partial charge in [-0.25, -0.2) is 4.98 Å². The van der Waals surface area contributed by atoms with Gasteiger partial charge in [-0.15, -0.1) is 0 Å². The summed E-state index contributed by atoms with van der Waals surface area (Å²) >= 11 is 0. The molecule has 0 bridgehead atoms. The first-order valence-electron chi connectivity index (χ1n) is 6.81. The Kier molecular flexibility index (Phi) is 3.32. The van der Waals surface area contributed by atoms with E-state index in [0.717, 1.165) is 36.1 Å². The maximum atomic E-state index is 4.69. The number of para-hydroxylation sites is 1. The van der Waals surface area contributed by atoms with Crippen LogP contribution in [0.15, 0.2) is 48.5 Å². The molecule has 2 nitrogen and oxygen atoms in total. The molecule has 0 aliphatic carbocycles. The molecule has 0 saturated carbocycles. The Morgan fingerprint density at radius 2 is 1.79 bits per heavy atom. The summed E-state index contributed by atoms with van der Waals surface area (Å²) in [5, 5.41) is 0. The number of aromatic nitrogens is 2. The van der Waals surface area contributed by atoms with Crippen LogP contribution in [0.2, 0.25) is 0 Å². The zero-order chi connectivity index (χ0) is 13.1. The standard InChI is InChI=1S/C17H18N2/c1-13-7-5-11-15-17(13)19-16(18-15)12-6-10-14-8-3-2-4-9-14/h2-5,7-9,11H,6,10,12H2,1H3,(H,18,19). The average molecular weight is 250 g/mol. The molecule has 1 heterocycles. The van der Waals surface area contributed by atoms with Crippen molar-refractivity contribution in [2.45, 2.75) is 26.2 Å². The lowest BCUT2D eigenvalue weighted by molar-refractivity contribution is 0.786. The molecular weight excluding hydrogens is 232 g/mol. The minimum absolute atomic E-state index is 1.00. The summed E-state index contributed by atoms with van der Waals surface area (Å²) in [6.07, 6.45) is 3.24. The largest absolute Gasteiger partial charge is 0.342 e. The highest BCUT2D eigenvalue weighted by atomic mass is 14.9. The second-order valence-electron chi connectivity index (χ2n) is 4.99. The summed E-state index contributed by atoms with van der Waals surface area (Å²) in [5.74, 6) is 1.10. The summed E-state index contributed by atoms with van der Waals surface area (Å²) in [5.41, 5.74) is 4.89. The van der Waals surface area contributed by atoms with Gasteiger partial charge in [0.25, 0.3) is 0 Å². The maximum Gasteiger partial charge on any atom is 0.107 e. The average Bonchev–Trinajstić information content (AvgIpc) is 2.84. The highest BCUT2D eigenvalue weighted by molar-refractivity contribution is 5.78. The first kappa shape index (κ1) is 12.0. The Labute approximate surface area is 113 Å². The number of imidazole rings is 1. The lowest BCUT2D eigenvalue weighted by Crippen LogP contribution is -1.91. The number of hydrogen-bond acceptors (Lipinski definition) is 1. The van der Waals surface area contributed by atoms with E-state index in [2.05, 4.69) is 65.4 Å². The zero-order valence-electron chi connectivity index (χ0n) is 11.2. The van der Waals surface area contributed by atoms with E-state index in [1.807, 2.05) is 0 Å². The Morgan fingerprint density at radius 3 is 2.58 bits per heavy atom. The van der Waals surface area contributed by atoms with Gasteiger partial charge in [-0.1, -0.05) is 42.5 Å². The van der Waals surface area contributed by atoms with E-state index in [-0.39, 0.29) is 0 Å². The van der Waals surface area contributed by atoms with Crippen LogP contribution in [0.1, 0.15) is 23.4 Å². The quantitative estimate of drug-likeness (QED) is 0.743. The molecule has 3 aromatic rings. The van der Waals surface area contributed by atoms with Crippen LogP contribution in [0, 0.1) is 6.92 Å². The van der Waals surface area contributed by atoms with E-state index in [4.69, 9.17) is 0 Å². The van der Waals surface area contributed by atoms with Gasteiger partial charge >= 0.3 is 0 Å². The minimum Gasteiger partial charge on any atom is -0.342 e. The number of benzene rings is 2. The first-order chi connectivity index (χ1) is 9.33. The molecule has 3 rings (SSSR count). The van der Waals surface area contributed by atoms with Crippen LogP contribution >= 0.6 is 0 Å². The van der Waals surface area contributed by atoms with Crippen LogP contribution in [-0.2, 0) is 12.8 Å². The van der Waals surface area contributed by atoms with Crippen molar-refractivity contribution in [2.75, 3.05) is 0 Å². The fraction of sp³-hybridized carbons (Fsp3) is 0.235. The highest BCUT2D eigenvalue weighted by Gasteiger charge is 2.04. The number of rotatable bonds is 4. The first-order valence-corrected chi connectivity index (χ1v) is 6.81. The molecular formula is C17H18N2. The molecule has 0 radical (unpaired) electrons. The fourth-order valence-corrected chi connectivity index (χ4v) is 2.45. The van der Waals surface area contributed by atoms with Gasteiger partial charge in [-0.2, -0.15) is 0 Å². The topological polar surface area (TPSA) is 28.7 Å². The molecule has 1 N–H and O–H groups in total. The molecule has 0 saturated heterocycles. The van der Waals surface area contributed by atoms with E-state index >= 15 is 0 Å². The number of hydrogen-bond donors (Lipinski definition) is 1. The zero-order valence-corrected chi connectivity index (χ0v) is 11.2. The molecule has 0 unspecified atom stereocenters. The third kappa shape index (κ3) is 2.68. The van der Waals surface area contributed by atoms with Crippen LogP contribution in [-0.4, -0.2) is 9.97 Å². The molecule has 0 spiro atoms. The van der Waals surface area contributed by atoms with Crippen molar-refractivity contribution in [3.8, 4) is 0 Å². The molecule has 19 heavy (non-hydrogen) atoms. The van der Waals surface area contributed by atoms with E-state index in [9.17, 15) is 0 Å². The number of nitrogens with zero attached hydrogens (tertiary/aromatic N) is 1. The van der Waals surface area contributed by atoms with Crippen LogP contribution in [0.5, 0.6) is 0 Å².